The number of hydrogen-bond donors (Lipinski definition) is 0. The van der Waals surface area contributed by atoms with Crippen molar-refractivity contribution in [3.63, 3.8) is 0 Å². The van der Waals surface area contributed by atoms with Gasteiger partial charge in [0.25, 0.3) is 0 Å². The Bertz CT molecular complexity index is 257. The molecule has 0 aromatic heterocycles. The first-order chi connectivity index (χ1) is 11.1. The zero-order valence-electron chi connectivity index (χ0n) is 16.4. The first kappa shape index (κ1) is 21.4. The predicted molar refractivity (Wildman–Crippen MR) is 107 cm³/mol. The van der Waals surface area contributed by atoms with Crippen LogP contribution < -0.4 is 0 Å². The second kappa shape index (κ2) is 11.1. The summed E-state index contributed by atoms with van der Waals surface area (Å²) in [4.78, 5) is 0. The summed E-state index contributed by atoms with van der Waals surface area (Å²) < 4.78 is 11.9. The molecule has 1 fully saturated rings. The first-order valence-electron chi connectivity index (χ1n) is 10.4. The maximum absolute atomic E-state index is 5.96. The van der Waals surface area contributed by atoms with E-state index in [0.29, 0.717) is 0 Å². The summed E-state index contributed by atoms with van der Waals surface area (Å²) in [5, 5.41) is 0. The molecule has 0 aromatic carbocycles. The molecule has 0 atom stereocenters. The van der Waals surface area contributed by atoms with Crippen LogP contribution in [0.2, 0.25) is 0 Å². The molecule has 3 heteroatoms. The van der Waals surface area contributed by atoms with Gasteiger partial charge in [0.1, 0.15) is 0 Å². The van der Waals surface area contributed by atoms with Crippen molar-refractivity contribution in [2.75, 3.05) is 44.0 Å². The van der Waals surface area contributed by atoms with Crippen molar-refractivity contribution >= 4 is 6.60 Å². The molecule has 1 aliphatic heterocycles. The molecule has 0 radical (unpaired) electrons. The molecule has 0 saturated carbocycles. The summed E-state index contributed by atoms with van der Waals surface area (Å²) >= 11 is 0. The minimum atomic E-state index is -1.74. The van der Waals surface area contributed by atoms with Gasteiger partial charge in [-0.3, -0.25) is 0 Å². The summed E-state index contributed by atoms with van der Waals surface area (Å²) in [6, 6.07) is 0. The SMILES string of the molecule is CCCCP(CCCC)(CCCC)(CCCC)CC1OCCO1. The van der Waals surface area contributed by atoms with E-state index in [-0.39, 0.29) is 6.29 Å². The fourth-order valence-electron chi connectivity index (χ4n) is 4.39. The van der Waals surface area contributed by atoms with E-state index in [4.69, 9.17) is 9.47 Å². The van der Waals surface area contributed by atoms with Crippen LogP contribution in [0.1, 0.15) is 79.1 Å². The average Bonchev–Trinajstić information content (AvgIpc) is 3.08. The van der Waals surface area contributed by atoms with Crippen molar-refractivity contribution in [2.24, 2.45) is 0 Å². The maximum atomic E-state index is 5.96. The van der Waals surface area contributed by atoms with Crippen molar-refractivity contribution in [1.29, 1.82) is 0 Å². The van der Waals surface area contributed by atoms with Crippen molar-refractivity contribution in [3.8, 4) is 0 Å². The summed E-state index contributed by atoms with van der Waals surface area (Å²) in [5.74, 6) is 0. The molecule has 0 aromatic rings. The molecule has 1 saturated heterocycles. The number of ether oxygens (including phenoxy) is 2. The minimum absolute atomic E-state index is 0.107. The van der Waals surface area contributed by atoms with Crippen LogP contribution in [0.4, 0.5) is 0 Å². The Morgan fingerprint density at radius 3 is 1.30 bits per heavy atom. The Morgan fingerprint density at radius 1 is 0.652 bits per heavy atom. The summed E-state index contributed by atoms with van der Waals surface area (Å²) in [5.41, 5.74) is 0. The number of rotatable bonds is 14. The van der Waals surface area contributed by atoms with Gasteiger partial charge in [-0.1, -0.05) is 0 Å². The Balaban J connectivity index is 3.06. The number of hydrogen-bond acceptors (Lipinski definition) is 2. The Hall–Kier alpha value is 0.350. The van der Waals surface area contributed by atoms with E-state index in [1.54, 1.807) is 0 Å². The van der Waals surface area contributed by atoms with Gasteiger partial charge in [0.05, 0.1) is 0 Å². The molecule has 0 unspecified atom stereocenters. The molecule has 23 heavy (non-hydrogen) atoms. The average molecular weight is 347 g/mol. The van der Waals surface area contributed by atoms with Crippen LogP contribution in [-0.4, -0.2) is 50.3 Å². The van der Waals surface area contributed by atoms with Gasteiger partial charge in [0.15, 0.2) is 0 Å². The normalized spacial score (nSPS) is 18.2. The molecule has 0 N–H and O–H groups in total. The first-order valence-corrected chi connectivity index (χ1v) is 13.5. The molecule has 0 amide bonds. The van der Waals surface area contributed by atoms with Gasteiger partial charge in [0.2, 0.25) is 0 Å². The van der Waals surface area contributed by atoms with Gasteiger partial charge in [-0.2, -0.15) is 0 Å². The van der Waals surface area contributed by atoms with E-state index in [1.807, 2.05) is 0 Å². The van der Waals surface area contributed by atoms with Gasteiger partial charge in [-0.05, 0) is 0 Å². The topological polar surface area (TPSA) is 18.5 Å². The fourth-order valence-corrected chi connectivity index (χ4v) is 12.4. The van der Waals surface area contributed by atoms with Crippen LogP contribution >= 0.6 is 6.60 Å². The number of unbranched alkanes of at least 4 members (excludes halogenated alkanes) is 4. The van der Waals surface area contributed by atoms with Gasteiger partial charge < -0.3 is 0 Å². The second-order valence-electron chi connectivity index (χ2n) is 7.90. The van der Waals surface area contributed by atoms with Crippen molar-refractivity contribution in [1.82, 2.24) is 0 Å². The summed E-state index contributed by atoms with van der Waals surface area (Å²) in [6.07, 6.45) is 18.3. The van der Waals surface area contributed by atoms with Crippen molar-refractivity contribution in [2.45, 2.75) is 85.4 Å². The van der Waals surface area contributed by atoms with Gasteiger partial charge in [-0.15, -0.1) is 0 Å². The fraction of sp³-hybridized carbons (Fsp3) is 1.00. The molecule has 0 spiro atoms. The Kier molecular flexibility index (Phi) is 10.3. The van der Waals surface area contributed by atoms with E-state index in [2.05, 4.69) is 27.7 Å². The zero-order valence-corrected chi connectivity index (χ0v) is 17.3. The molecule has 1 heterocycles. The Morgan fingerprint density at radius 2 is 1.00 bits per heavy atom. The van der Waals surface area contributed by atoms with E-state index in [9.17, 15) is 0 Å². The third-order valence-electron chi connectivity index (χ3n) is 5.93. The molecular weight excluding hydrogens is 303 g/mol. The van der Waals surface area contributed by atoms with Crippen LogP contribution in [0.15, 0.2) is 0 Å². The predicted octanol–water partition coefficient (Wildman–Crippen LogP) is 6.11. The molecule has 140 valence electrons. The summed E-state index contributed by atoms with van der Waals surface area (Å²) in [6.45, 7) is 9.29. The molecular formula is C20H43O2P. The molecule has 1 aliphatic rings. The summed E-state index contributed by atoms with van der Waals surface area (Å²) in [7, 11) is 0. The van der Waals surface area contributed by atoms with Crippen LogP contribution in [0.3, 0.4) is 0 Å². The van der Waals surface area contributed by atoms with E-state index >= 15 is 0 Å². The third kappa shape index (κ3) is 6.63. The van der Waals surface area contributed by atoms with E-state index in [0.717, 1.165) is 13.2 Å². The quantitative estimate of drug-likeness (QED) is 0.353. The third-order valence-corrected chi connectivity index (χ3v) is 13.6. The van der Waals surface area contributed by atoms with E-state index in [1.165, 1.54) is 82.2 Å². The van der Waals surface area contributed by atoms with Crippen LogP contribution in [-0.2, 0) is 9.47 Å². The molecule has 0 bridgehead atoms. The van der Waals surface area contributed by atoms with Crippen LogP contribution in [0.25, 0.3) is 0 Å². The molecule has 2 nitrogen and oxygen atoms in total. The standard InChI is InChI=1S/C20H43O2P/c1-5-9-15-23(16-10-6-2,17-11-7-3,18-12-8-4)19-20-21-13-14-22-20/h20H,5-19H2,1-4H3. The van der Waals surface area contributed by atoms with Crippen molar-refractivity contribution < 1.29 is 9.47 Å². The van der Waals surface area contributed by atoms with E-state index < -0.39 is 6.60 Å². The van der Waals surface area contributed by atoms with Gasteiger partial charge in [0, 0.05) is 0 Å². The molecule has 1 rings (SSSR count). The molecule has 0 aliphatic carbocycles. The van der Waals surface area contributed by atoms with Gasteiger partial charge in [-0.25, -0.2) is 0 Å². The second-order valence-corrected chi connectivity index (χ2v) is 14.5. The van der Waals surface area contributed by atoms with Crippen molar-refractivity contribution in [3.05, 3.63) is 0 Å². The Labute approximate surface area is 146 Å². The zero-order chi connectivity index (χ0) is 17.0. The van der Waals surface area contributed by atoms with Crippen LogP contribution in [0.5, 0.6) is 0 Å². The van der Waals surface area contributed by atoms with Crippen LogP contribution in [0, 0.1) is 0 Å². The van der Waals surface area contributed by atoms with Gasteiger partial charge >= 0.3 is 145 Å². The monoisotopic (exact) mass is 346 g/mol.